The van der Waals surface area contributed by atoms with Gasteiger partial charge in [-0.3, -0.25) is 0 Å². The minimum Gasteiger partial charge on any atom is -0.381 e. The van der Waals surface area contributed by atoms with Crippen molar-refractivity contribution < 1.29 is 25.8 Å². The van der Waals surface area contributed by atoms with E-state index in [1.165, 1.54) is 0 Å². The largest absolute Gasteiger partial charge is 0.534 e. The Bertz CT molecular complexity index is 665. The molecule has 0 heterocycles. The van der Waals surface area contributed by atoms with Gasteiger partial charge in [0.05, 0.1) is 0 Å². The Morgan fingerprint density at radius 2 is 1.81 bits per heavy atom. The molecule has 0 saturated heterocycles. The summed E-state index contributed by atoms with van der Waals surface area (Å²) in [5.74, 6) is 0.256. The lowest BCUT2D eigenvalue weighted by atomic mass is 9.60. The zero-order valence-electron chi connectivity index (χ0n) is 16.9. The van der Waals surface area contributed by atoms with Gasteiger partial charge in [0.25, 0.3) is 0 Å². The van der Waals surface area contributed by atoms with E-state index in [4.69, 9.17) is 4.18 Å². The van der Waals surface area contributed by atoms with E-state index in [-0.39, 0.29) is 17.1 Å². The van der Waals surface area contributed by atoms with E-state index in [0.717, 1.165) is 56.6 Å². The Balaban J connectivity index is 2.53. The van der Waals surface area contributed by atoms with Gasteiger partial charge < -0.3 is 4.18 Å². The van der Waals surface area contributed by atoms with Crippen LogP contribution < -0.4 is 0 Å². The molecule has 0 aromatic heterocycles. The molecule has 0 aliphatic heterocycles. The number of fused-ring (bicyclic) bond motifs is 1. The molecule has 0 spiro atoms. The molecule has 0 radical (unpaired) electrons. The van der Waals surface area contributed by atoms with Crippen LogP contribution in [-0.4, -0.2) is 22.0 Å². The van der Waals surface area contributed by atoms with Gasteiger partial charge in [-0.05, 0) is 55.1 Å². The van der Waals surface area contributed by atoms with Crippen LogP contribution in [0.1, 0.15) is 64.7 Å². The highest BCUT2D eigenvalue weighted by Gasteiger charge is 2.52. The number of hydrogen-bond donors (Lipinski definition) is 0. The number of rotatable bonds is 7. The summed E-state index contributed by atoms with van der Waals surface area (Å²) >= 11 is 0. The molecule has 2 atom stereocenters. The highest BCUT2D eigenvalue weighted by atomic mass is 32.2. The highest BCUT2D eigenvalue weighted by molar-refractivity contribution is 7.87. The van der Waals surface area contributed by atoms with Gasteiger partial charge in [0.1, 0.15) is 5.76 Å². The topological polar surface area (TPSA) is 43.4 Å². The molecule has 2 rings (SSSR count). The Labute approximate surface area is 162 Å². The molecule has 27 heavy (non-hydrogen) atoms. The van der Waals surface area contributed by atoms with Gasteiger partial charge >= 0.3 is 15.6 Å². The summed E-state index contributed by atoms with van der Waals surface area (Å²) in [5.41, 5.74) is -4.63. The molecule has 3 nitrogen and oxygen atoms in total. The minimum atomic E-state index is -5.61. The maximum Gasteiger partial charge on any atom is 0.534 e. The molecule has 2 aliphatic carbocycles. The Morgan fingerprint density at radius 1 is 1.19 bits per heavy atom. The first-order valence-corrected chi connectivity index (χ1v) is 15.2. The molecule has 0 bridgehead atoms. The quantitative estimate of drug-likeness (QED) is 0.261. The van der Waals surface area contributed by atoms with Gasteiger partial charge in [-0.25, -0.2) is 0 Å². The molecule has 0 unspecified atom stereocenters. The average molecular weight is 427 g/mol. The standard InChI is InChI=1S/C19H33F3O3SSi/c1-5-6-9-15-10-7-12-18(14-27(2,3)4)13-8-11-16(17(15)18)25-26(23,24)19(20,21)22/h15H,5-14H2,1-4H3/t15-,18+/m1/s1. The summed E-state index contributed by atoms with van der Waals surface area (Å²) in [7, 11) is -7.12. The number of unbranched alkanes of at least 4 members (excludes halogenated alkanes) is 1. The summed E-state index contributed by atoms with van der Waals surface area (Å²) in [6.07, 6.45) is 7.75. The van der Waals surface area contributed by atoms with Crippen molar-refractivity contribution in [2.45, 2.75) is 95.9 Å². The third-order valence-corrected chi connectivity index (χ3v) is 8.54. The molecule has 2 aliphatic rings. The van der Waals surface area contributed by atoms with Crippen LogP contribution in [0.25, 0.3) is 0 Å². The predicted molar refractivity (Wildman–Crippen MR) is 104 cm³/mol. The molecule has 1 saturated carbocycles. The highest BCUT2D eigenvalue weighted by Crippen LogP contribution is 2.57. The number of alkyl halides is 3. The molecule has 0 aromatic carbocycles. The molecule has 0 amide bonds. The van der Waals surface area contributed by atoms with E-state index in [2.05, 4.69) is 26.6 Å². The van der Waals surface area contributed by atoms with E-state index < -0.39 is 23.7 Å². The molecule has 1 fully saturated rings. The van der Waals surface area contributed by atoms with Crippen LogP contribution in [0, 0.1) is 11.3 Å². The van der Waals surface area contributed by atoms with Crippen molar-refractivity contribution in [3.63, 3.8) is 0 Å². The van der Waals surface area contributed by atoms with Crippen LogP contribution in [0.3, 0.4) is 0 Å². The molecule has 0 N–H and O–H groups in total. The zero-order valence-corrected chi connectivity index (χ0v) is 18.7. The molecule has 8 heteroatoms. The maximum absolute atomic E-state index is 13.0. The zero-order chi connectivity index (χ0) is 20.5. The van der Waals surface area contributed by atoms with Crippen LogP contribution in [0.5, 0.6) is 0 Å². The fraction of sp³-hybridized carbons (Fsp3) is 0.895. The second kappa shape index (κ2) is 8.09. The number of halogens is 3. The van der Waals surface area contributed by atoms with Crippen molar-refractivity contribution >= 4 is 18.2 Å². The van der Waals surface area contributed by atoms with E-state index in [1.807, 2.05) is 0 Å². The average Bonchev–Trinajstić information content (AvgIpc) is 2.49. The van der Waals surface area contributed by atoms with Crippen molar-refractivity contribution in [1.82, 2.24) is 0 Å². The van der Waals surface area contributed by atoms with Crippen LogP contribution in [0.2, 0.25) is 25.7 Å². The lowest BCUT2D eigenvalue weighted by molar-refractivity contribution is -0.0527. The molecular formula is C19H33F3O3SSi. The van der Waals surface area contributed by atoms with Crippen molar-refractivity contribution in [3.05, 3.63) is 11.3 Å². The van der Waals surface area contributed by atoms with Crippen LogP contribution >= 0.6 is 0 Å². The second-order valence-corrected chi connectivity index (χ2v) is 16.4. The summed E-state index contributed by atoms with van der Waals surface area (Å²) in [6.45, 7) is 8.92. The lowest BCUT2D eigenvalue weighted by Gasteiger charge is -2.49. The van der Waals surface area contributed by atoms with Crippen molar-refractivity contribution in [3.8, 4) is 0 Å². The second-order valence-electron chi connectivity index (χ2n) is 9.42. The Kier molecular flexibility index (Phi) is 6.82. The number of hydrogen-bond acceptors (Lipinski definition) is 3. The van der Waals surface area contributed by atoms with E-state index >= 15 is 0 Å². The van der Waals surface area contributed by atoms with E-state index in [1.54, 1.807) is 0 Å². The van der Waals surface area contributed by atoms with Gasteiger partial charge in [-0.1, -0.05) is 45.8 Å². The van der Waals surface area contributed by atoms with Crippen LogP contribution in [0.4, 0.5) is 13.2 Å². The monoisotopic (exact) mass is 426 g/mol. The number of allylic oxidation sites excluding steroid dienone is 2. The normalized spacial score (nSPS) is 27.4. The summed E-state index contributed by atoms with van der Waals surface area (Å²) in [6, 6.07) is 0.983. The van der Waals surface area contributed by atoms with Crippen LogP contribution in [-0.2, 0) is 14.3 Å². The SMILES string of the molecule is CCCC[C@@H]1CCC[C@@]2(C[Si](C)(C)C)CCCC(OS(=O)(=O)C(F)(F)F)=C12. The fourth-order valence-electron chi connectivity index (χ4n) is 5.20. The first kappa shape index (κ1) is 22.8. The third-order valence-electron chi connectivity index (χ3n) is 5.82. The van der Waals surface area contributed by atoms with E-state index in [0.29, 0.717) is 12.8 Å². The molecule has 0 aromatic rings. The predicted octanol–water partition coefficient (Wildman–Crippen LogP) is 6.61. The van der Waals surface area contributed by atoms with Crippen molar-refractivity contribution in [2.75, 3.05) is 0 Å². The van der Waals surface area contributed by atoms with Crippen LogP contribution in [0.15, 0.2) is 11.3 Å². The van der Waals surface area contributed by atoms with Gasteiger partial charge in [-0.15, -0.1) is 0 Å². The van der Waals surface area contributed by atoms with Gasteiger partial charge in [0.2, 0.25) is 0 Å². The van der Waals surface area contributed by atoms with Gasteiger partial charge in [0.15, 0.2) is 0 Å². The Morgan fingerprint density at radius 3 is 2.37 bits per heavy atom. The summed E-state index contributed by atoms with van der Waals surface area (Å²) < 4.78 is 67.1. The third kappa shape index (κ3) is 5.31. The molecular weight excluding hydrogens is 393 g/mol. The van der Waals surface area contributed by atoms with E-state index in [9.17, 15) is 21.6 Å². The minimum absolute atomic E-state index is 0.109. The first-order chi connectivity index (χ1) is 12.3. The van der Waals surface area contributed by atoms with Crippen molar-refractivity contribution in [1.29, 1.82) is 0 Å². The fourth-order valence-corrected chi connectivity index (χ4v) is 8.30. The van der Waals surface area contributed by atoms with Gasteiger partial charge in [-0.2, -0.15) is 21.6 Å². The maximum atomic E-state index is 13.0. The smallest absolute Gasteiger partial charge is 0.381 e. The van der Waals surface area contributed by atoms with Gasteiger partial charge in [0, 0.05) is 14.5 Å². The summed E-state index contributed by atoms with van der Waals surface area (Å²) in [5, 5.41) is 0. The summed E-state index contributed by atoms with van der Waals surface area (Å²) in [4.78, 5) is 0. The Hall–Kier alpha value is -0.503. The lowest BCUT2D eigenvalue weighted by Crippen LogP contribution is -2.42. The molecule has 158 valence electrons. The van der Waals surface area contributed by atoms with Crippen molar-refractivity contribution in [2.24, 2.45) is 11.3 Å². The first-order valence-electron chi connectivity index (χ1n) is 10.1.